The molecule has 2 aromatic carbocycles. The molecular formula is C19H21N3O2. The Morgan fingerprint density at radius 1 is 1.17 bits per heavy atom. The van der Waals surface area contributed by atoms with Gasteiger partial charge >= 0.3 is 6.03 Å². The number of rotatable bonds is 5. The van der Waals surface area contributed by atoms with Gasteiger partial charge in [-0.25, -0.2) is 4.79 Å². The minimum atomic E-state index is -0.200. The van der Waals surface area contributed by atoms with E-state index in [9.17, 15) is 4.79 Å². The number of fused-ring (bicyclic) bond motifs is 1. The number of aromatic nitrogens is 1. The lowest BCUT2D eigenvalue weighted by atomic mass is 10.1. The second-order valence-corrected chi connectivity index (χ2v) is 5.65. The lowest BCUT2D eigenvalue weighted by molar-refractivity contribution is 0.252. The number of aryl methyl sites for hydroxylation is 1. The monoisotopic (exact) mass is 323 g/mol. The summed E-state index contributed by atoms with van der Waals surface area (Å²) in [6, 6.07) is 15.6. The summed E-state index contributed by atoms with van der Waals surface area (Å²) >= 11 is 0. The van der Waals surface area contributed by atoms with Gasteiger partial charge in [0.05, 0.1) is 12.8 Å². The fourth-order valence-corrected chi connectivity index (χ4v) is 2.76. The Balaban J connectivity index is 1.57. The number of carbonyl (C=O) groups is 1. The van der Waals surface area contributed by atoms with Crippen LogP contribution < -0.4 is 15.4 Å². The van der Waals surface area contributed by atoms with Crippen LogP contribution in [0.25, 0.3) is 10.9 Å². The number of urea groups is 1. The first-order valence-corrected chi connectivity index (χ1v) is 7.89. The highest BCUT2D eigenvalue weighted by atomic mass is 16.5. The van der Waals surface area contributed by atoms with Crippen molar-refractivity contribution in [2.24, 2.45) is 7.05 Å². The van der Waals surface area contributed by atoms with Crippen LogP contribution >= 0.6 is 0 Å². The molecule has 1 heterocycles. The van der Waals surface area contributed by atoms with Crippen LogP contribution in [0.3, 0.4) is 0 Å². The van der Waals surface area contributed by atoms with Gasteiger partial charge in [0.2, 0.25) is 0 Å². The van der Waals surface area contributed by atoms with E-state index in [1.165, 1.54) is 0 Å². The maximum Gasteiger partial charge on any atom is 0.319 e. The molecule has 0 saturated carbocycles. The Labute approximate surface area is 141 Å². The average Bonchev–Trinajstić information content (AvgIpc) is 2.91. The second kappa shape index (κ2) is 7.08. The largest absolute Gasteiger partial charge is 0.497 e. The zero-order valence-electron chi connectivity index (χ0n) is 13.9. The second-order valence-electron chi connectivity index (χ2n) is 5.65. The van der Waals surface area contributed by atoms with E-state index in [-0.39, 0.29) is 6.03 Å². The Morgan fingerprint density at radius 3 is 2.83 bits per heavy atom. The van der Waals surface area contributed by atoms with Crippen LogP contribution in [-0.4, -0.2) is 24.3 Å². The third-order valence-corrected chi connectivity index (χ3v) is 3.98. The zero-order valence-corrected chi connectivity index (χ0v) is 13.9. The number of hydrogen-bond acceptors (Lipinski definition) is 2. The molecular weight excluding hydrogens is 302 g/mol. The molecule has 0 atom stereocenters. The predicted molar refractivity (Wildman–Crippen MR) is 96.6 cm³/mol. The molecule has 0 unspecified atom stereocenters. The first-order chi connectivity index (χ1) is 11.7. The van der Waals surface area contributed by atoms with Crippen LogP contribution in [-0.2, 0) is 13.5 Å². The maximum atomic E-state index is 12.1. The number of methoxy groups -OCH3 is 1. The molecule has 0 aliphatic rings. The fourth-order valence-electron chi connectivity index (χ4n) is 2.76. The minimum absolute atomic E-state index is 0.200. The van der Waals surface area contributed by atoms with Gasteiger partial charge < -0.3 is 19.9 Å². The third-order valence-electron chi connectivity index (χ3n) is 3.98. The summed E-state index contributed by atoms with van der Waals surface area (Å²) in [6.45, 7) is 0.559. The highest BCUT2D eigenvalue weighted by Gasteiger charge is 2.08. The van der Waals surface area contributed by atoms with Gasteiger partial charge in [-0.2, -0.15) is 0 Å². The summed E-state index contributed by atoms with van der Waals surface area (Å²) in [5.74, 6) is 0.827. The van der Waals surface area contributed by atoms with Gasteiger partial charge in [0, 0.05) is 30.7 Å². The predicted octanol–water partition coefficient (Wildman–Crippen LogP) is 3.55. The van der Waals surface area contributed by atoms with Crippen LogP contribution in [0.5, 0.6) is 5.75 Å². The first kappa shape index (κ1) is 15.9. The molecule has 0 radical (unpaired) electrons. The molecule has 0 bridgehead atoms. The number of amides is 2. The molecule has 1 aromatic heterocycles. The Kier molecular flexibility index (Phi) is 4.70. The first-order valence-electron chi connectivity index (χ1n) is 7.89. The molecule has 5 heteroatoms. The fraction of sp³-hybridized carbons (Fsp3) is 0.211. The third kappa shape index (κ3) is 3.51. The summed E-state index contributed by atoms with van der Waals surface area (Å²) in [5, 5.41) is 6.84. The zero-order chi connectivity index (χ0) is 16.9. The molecule has 5 nitrogen and oxygen atoms in total. The van der Waals surface area contributed by atoms with Crippen LogP contribution in [0.1, 0.15) is 5.56 Å². The van der Waals surface area contributed by atoms with Gasteiger partial charge in [0.25, 0.3) is 0 Å². The van der Waals surface area contributed by atoms with Crippen LogP contribution in [0.15, 0.2) is 54.7 Å². The SMILES string of the molecule is COc1cccc(CCNC(=O)Nc2cn(C)c3ccccc23)c1. The molecule has 0 saturated heterocycles. The summed E-state index contributed by atoms with van der Waals surface area (Å²) in [6.07, 6.45) is 2.67. The van der Waals surface area contributed by atoms with Crippen molar-refractivity contribution in [3.8, 4) is 5.75 Å². The van der Waals surface area contributed by atoms with Crippen molar-refractivity contribution in [1.29, 1.82) is 0 Å². The summed E-state index contributed by atoms with van der Waals surface area (Å²) < 4.78 is 7.20. The van der Waals surface area contributed by atoms with Crippen molar-refractivity contribution in [3.05, 3.63) is 60.3 Å². The van der Waals surface area contributed by atoms with E-state index in [4.69, 9.17) is 4.74 Å². The molecule has 2 amide bonds. The molecule has 0 fully saturated rings. The molecule has 0 aliphatic heterocycles. The summed E-state index contributed by atoms with van der Waals surface area (Å²) in [4.78, 5) is 12.1. The van der Waals surface area contributed by atoms with Gasteiger partial charge in [-0.1, -0.05) is 30.3 Å². The number of para-hydroxylation sites is 1. The van der Waals surface area contributed by atoms with Crippen molar-refractivity contribution in [2.45, 2.75) is 6.42 Å². The Hall–Kier alpha value is -2.95. The van der Waals surface area contributed by atoms with E-state index in [1.807, 2.05) is 66.3 Å². The number of nitrogens with zero attached hydrogens (tertiary/aromatic N) is 1. The van der Waals surface area contributed by atoms with Gasteiger partial charge in [0.1, 0.15) is 5.75 Å². The van der Waals surface area contributed by atoms with E-state index in [0.717, 1.165) is 34.3 Å². The number of ether oxygens (including phenoxy) is 1. The number of benzene rings is 2. The average molecular weight is 323 g/mol. The molecule has 0 aliphatic carbocycles. The normalized spacial score (nSPS) is 10.6. The molecule has 2 N–H and O–H groups in total. The molecule has 124 valence electrons. The van der Waals surface area contributed by atoms with Crippen molar-refractivity contribution in [2.75, 3.05) is 19.0 Å². The van der Waals surface area contributed by atoms with Gasteiger partial charge in [-0.15, -0.1) is 0 Å². The molecule has 24 heavy (non-hydrogen) atoms. The Bertz CT molecular complexity index is 855. The van der Waals surface area contributed by atoms with Crippen molar-refractivity contribution < 1.29 is 9.53 Å². The molecule has 3 aromatic rings. The van der Waals surface area contributed by atoms with Gasteiger partial charge in [-0.05, 0) is 30.2 Å². The van der Waals surface area contributed by atoms with E-state index in [1.54, 1.807) is 7.11 Å². The maximum absolute atomic E-state index is 12.1. The van der Waals surface area contributed by atoms with E-state index in [0.29, 0.717) is 6.54 Å². The number of nitrogens with one attached hydrogen (secondary N) is 2. The van der Waals surface area contributed by atoms with Crippen LogP contribution in [0.4, 0.5) is 10.5 Å². The van der Waals surface area contributed by atoms with Crippen LogP contribution in [0.2, 0.25) is 0 Å². The molecule has 0 spiro atoms. The summed E-state index contributed by atoms with van der Waals surface area (Å²) in [5.41, 5.74) is 3.02. The van der Waals surface area contributed by atoms with Crippen molar-refractivity contribution >= 4 is 22.6 Å². The topological polar surface area (TPSA) is 55.3 Å². The highest BCUT2D eigenvalue weighted by Crippen LogP contribution is 2.24. The van der Waals surface area contributed by atoms with Crippen molar-refractivity contribution in [3.63, 3.8) is 0 Å². The van der Waals surface area contributed by atoms with Crippen LogP contribution in [0, 0.1) is 0 Å². The number of hydrogen-bond donors (Lipinski definition) is 2. The minimum Gasteiger partial charge on any atom is -0.497 e. The number of carbonyl (C=O) groups excluding carboxylic acids is 1. The van der Waals surface area contributed by atoms with E-state index in [2.05, 4.69) is 10.6 Å². The van der Waals surface area contributed by atoms with Crippen molar-refractivity contribution in [1.82, 2.24) is 9.88 Å². The Morgan fingerprint density at radius 2 is 2.00 bits per heavy atom. The van der Waals surface area contributed by atoms with Gasteiger partial charge in [0.15, 0.2) is 0 Å². The lowest BCUT2D eigenvalue weighted by Gasteiger charge is -2.08. The smallest absolute Gasteiger partial charge is 0.319 e. The van der Waals surface area contributed by atoms with E-state index >= 15 is 0 Å². The number of anilines is 1. The molecule has 3 rings (SSSR count). The standard InChI is InChI=1S/C19H21N3O2/c1-22-13-17(16-8-3-4-9-18(16)22)21-19(23)20-11-10-14-6-5-7-15(12-14)24-2/h3-9,12-13H,10-11H2,1-2H3,(H2,20,21,23). The van der Waals surface area contributed by atoms with E-state index < -0.39 is 0 Å². The highest BCUT2D eigenvalue weighted by molar-refractivity contribution is 6.01. The quantitative estimate of drug-likeness (QED) is 0.754. The summed E-state index contributed by atoms with van der Waals surface area (Å²) in [7, 11) is 3.61. The van der Waals surface area contributed by atoms with Gasteiger partial charge in [-0.3, -0.25) is 0 Å². The lowest BCUT2D eigenvalue weighted by Crippen LogP contribution is -2.30.